The van der Waals surface area contributed by atoms with Crippen molar-refractivity contribution in [3.63, 3.8) is 0 Å². The fraction of sp³-hybridized carbons (Fsp3) is 0.0333. The van der Waals surface area contributed by atoms with Crippen molar-refractivity contribution in [1.29, 1.82) is 0 Å². The third-order valence-corrected chi connectivity index (χ3v) is 6.53. The van der Waals surface area contributed by atoms with E-state index in [0.29, 0.717) is 0 Å². The third-order valence-electron chi connectivity index (χ3n) is 6.53. The van der Waals surface area contributed by atoms with E-state index in [1.54, 1.807) is 0 Å². The molecule has 0 saturated heterocycles. The standard InChI is InChI=1S/C30H21N5/c1-2-7-21(8-3-1)18-35-20-32-26-14-13-23(17-28(26)35)29-30-31-15-16-34(30)19-27(33-29)25-12-6-10-22-9-4-5-11-24(22)25/h1-17,19-20H,18H2. The molecule has 0 radical (unpaired) electrons. The van der Waals surface area contributed by atoms with Crippen molar-refractivity contribution in [1.82, 2.24) is 23.9 Å². The second kappa shape index (κ2) is 7.92. The number of rotatable bonds is 4. The van der Waals surface area contributed by atoms with Crippen LogP contribution in [0.1, 0.15) is 5.56 Å². The lowest BCUT2D eigenvalue weighted by atomic mass is 10.0. The Morgan fingerprint density at radius 3 is 2.57 bits per heavy atom. The van der Waals surface area contributed by atoms with Crippen LogP contribution in [-0.4, -0.2) is 23.9 Å². The Morgan fingerprint density at radius 1 is 0.771 bits per heavy atom. The van der Waals surface area contributed by atoms with Gasteiger partial charge in [-0.15, -0.1) is 0 Å². The molecule has 0 fully saturated rings. The molecule has 0 aliphatic rings. The van der Waals surface area contributed by atoms with E-state index in [2.05, 4.69) is 110 Å². The Morgan fingerprint density at radius 2 is 1.63 bits per heavy atom. The maximum atomic E-state index is 5.16. The molecule has 166 valence electrons. The number of benzene rings is 4. The summed E-state index contributed by atoms with van der Waals surface area (Å²) in [6.07, 6.45) is 7.78. The molecule has 7 aromatic rings. The summed E-state index contributed by atoms with van der Waals surface area (Å²) in [7, 11) is 0. The van der Waals surface area contributed by atoms with E-state index in [-0.39, 0.29) is 0 Å². The van der Waals surface area contributed by atoms with Crippen LogP contribution < -0.4 is 0 Å². The third kappa shape index (κ3) is 3.37. The first kappa shape index (κ1) is 19.7. The molecule has 4 aromatic carbocycles. The minimum Gasteiger partial charge on any atom is -0.326 e. The van der Waals surface area contributed by atoms with Crippen LogP contribution in [0.2, 0.25) is 0 Å². The average Bonchev–Trinajstić information content (AvgIpc) is 3.55. The first-order valence-corrected chi connectivity index (χ1v) is 11.6. The number of imidazole rings is 2. The van der Waals surface area contributed by atoms with Crippen molar-refractivity contribution >= 4 is 27.5 Å². The van der Waals surface area contributed by atoms with Gasteiger partial charge in [0.05, 0.1) is 23.1 Å². The summed E-state index contributed by atoms with van der Waals surface area (Å²) in [6.45, 7) is 0.767. The summed E-state index contributed by atoms with van der Waals surface area (Å²) in [5, 5.41) is 2.38. The number of nitrogens with zero attached hydrogens (tertiary/aromatic N) is 5. The highest BCUT2D eigenvalue weighted by molar-refractivity contribution is 5.96. The fourth-order valence-electron chi connectivity index (χ4n) is 4.81. The SMILES string of the molecule is c1ccc(Cn2cnc3ccc(-c4nc(-c5cccc6ccccc56)cn5ccnc45)cc32)cc1. The second-order valence-corrected chi connectivity index (χ2v) is 8.72. The van der Waals surface area contributed by atoms with Gasteiger partial charge >= 0.3 is 0 Å². The molecule has 7 rings (SSSR count). The van der Waals surface area contributed by atoms with Crippen LogP contribution in [0.15, 0.2) is 116 Å². The van der Waals surface area contributed by atoms with E-state index < -0.39 is 0 Å². The number of hydrogen-bond donors (Lipinski definition) is 0. The lowest BCUT2D eigenvalue weighted by Gasteiger charge is -2.11. The van der Waals surface area contributed by atoms with Gasteiger partial charge < -0.3 is 8.97 Å². The van der Waals surface area contributed by atoms with Gasteiger partial charge in [0.25, 0.3) is 0 Å². The lowest BCUT2D eigenvalue weighted by Crippen LogP contribution is -1.99. The Balaban J connectivity index is 1.41. The smallest absolute Gasteiger partial charge is 0.163 e. The van der Waals surface area contributed by atoms with Crippen molar-refractivity contribution in [3.8, 4) is 22.5 Å². The molecule has 0 unspecified atom stereocenters. The van der Waals surface area contributed by atoms with Crippen LogP contribution in [0.5, 0.6) is 0 Å². The van der Waals surface area contributed by atoms with Gasteiger partial charge in [-0.25, -0.2) is 15.0 Å². The minimum atomic E-state index is 0.767. The first-order chi connectivity index (χ1) is 17.3. The minimum absolute atomic E-state index is 0.767. The van der Waals surface area contributed by atoms with Gasteiger partial charge in [-0.3, -0.25) is 0 Å². The molecular formula is C30H21N5. The highest BCUT2D eigenvalue weighted by atomic mass is 15.0. The highest BCUT2D eigenvalue weighted by Gasteiger charge is 2.14. The largest absolute Gasteiger partial charge is 0.326 e. The summed E-state index contributed by atoms with van der Waals surface area (Å²) in [6, 6.07) is 31.6. The van der Waals surface area contributed by atoms with Crippen molar-refractivity contribution in [2.75, 3.05) is 0 Å². The van der Waals surface area contributed by atoms with E-state index in [0.717, 1.165) is 45.7 Å². The molecule has 0 amide bonds. The van der Waals surface area contributed by atoms with E-state index in [9.17, 15) is 0 Å². The number of fused-ring (bicyclic) bond motifs is 3. The average molecular weight is 452 g/mol. The molecule has 35 heavy (non-hydrogen) atoms. The van der Waals surface area contributed by atoms with Gasteiger partial charge in [-0.1, -0.05) is 78.9 Å². The van der Waals surface area contributed by atoms with E-state index in [1.165, 1.54) is 16.3 Å². The number of hydrogen-bond acceptors (Lipinski definition) is 3. The lowest BCUT2D eigenvalue weighted by molar-refractivity contribution is 0.824. The summed E-state index contributed by atoms with van der Waals surface area (Å²) in [4.78, 5) is 14.4. The highest BCUT2D eigenvalue weighted by Crippen LogP contribution is 2.32. The maximum absolute atomic E-state index is 5.16. The molecule has 5 heteroatoms. The van der Waals surface area contributed by atoms with Crippen LogP contribution >= 0.6 is 0 Å². The van der Waals surface area contributed by atoms with Crippen LogP contribution in [-0.2, 0) is 6.54 Å². The Hall–Kier alpha value is -4.77. The van der Waals surface area contributed by atoms with Gasteiger partial charge in [-0.05, 0) is 28.5 Å². The van der Waals surface area contributed by atoms with Gasteiger partial charge in [0, 0.05) is 36.3 Å². The molecule has 0 bridgehead atoms. The van der Waals surface area contributed by atoms with Gasteiger partial charge in [0.1, 0.15) is 5.69 Å². The van der Waals surface area contributed by atoms with Gasteiger partial charge in [0.15, 0.2) is 5.65 Å². The zero-order valence-electron chi connectivity index (χ0n) is 18.9. The van der Waals surface area contributed by atoms with Crippen LogP contribution in [0.3, 0.4) is 0 Å². The molecule has 0 saturated carbocycles. The zero-order valence-corrected chi connectivity index (χ0v) is 18.9. The van der Waals surface area contributed by atoms with E-state index in [1.807, 2.05) is 24.8 Å². The van der Waals surface area contributed by atoms with Crippen LogP contribution in [0.4, 0.5) is 0 Å². The molecule has 0 aliphatic heterocycles. The van der Waals surface area contributed by atoms with Gasteiger partial charge in [0.2, 0.25) is 0 Å². The monoisotopic (exact) mass is 451 g/mol. The first-order valence-electron chi connectivity index (χ1n) is 11.6. The molecule has 0 spiro atoms. The molecule has 3 aromatic heterocycles. The molecule has 3 heterocycles. The quantitative estimate of drug-likeness (QED) is 0.302. The predicted octanol–water partition coefficient (Wildman–Crippen LogP) is 6.61. The zero-order chi connectivity index (χ0) is 23.2. The van der Waals surface area contributed by atoms with Crippen molar-refractivity contribution in [2.45, 2.75) is 6.54 Å². The van der Waals surface area contributed by atoms with Crippen LogP contribution in [0.25, 0.3) is 50.0 Å². The van der Waals surface area contributed by atoms with Crippen molar-refractivity contribution < 1.29 is 0 Å². The molecule has 0 aliphatic carbocycles. The maximum Gasteiger partial charge on any atom is 0.163 e. The fourth-order valence-corrected chi connectivity index (χ4v) is 4.81. The normalized spacial score (nSPS) is 11.5. The Labute approximate surface area is 202 Å². The topological polar surface area (TPSA) is 48.0 Å². The second-order valence-electron chi connectivity index (χ2n) is 8.72. The summed E-state index contributed by atoms with van der Waals surface area (Å²) < 4.78 is 4.25. The molecule has 0 atom stereocenters. The summed E-state index contributed by atoms with van der Waals surface area (Å²) in [5.74, 6) is 0. The summed E-state index contributed by atoms with van der Waals surface area (Å²) >= 11 is 0. The van der Waals surface area contributed by atoms with E-state index >= 15 is 0 Å². The molecule has 5 nitrogen and oxygen atoms in total. The predicted molar refractivity (Wildman–Crippen MR) is 140 cm³/mol. The van der Waals surface area contributed by atoms with E-state index in [4.69, 9.17) is 4.98 Å². The van der Waals surface area contributed by atoms with Crippen molar-refractivity contribution in [2.24, 2.45) is 0 Å². The number of aromatic nitrogens is 5. The molecular weight excluding hydrogens is 430 g/mol. The summed E-state index contributed by atoms with van der Waals surface area (Å²) in [5.41, 5.74) is 8.02. The Kier molecular flexibility index (Phi) is 4.45. The van der Waals surface area contributed by atoms with Gasteiger partial charge in [-0.2, -0.15) is 0 Å². The Bertz CT molecular complexity index is 1820. The van der Waals surface area contributed by atoms with Crippen molar-refractivity contribution in [3.05, 3.63) is 121 Å². The van der Waals surface area contributed by atoms with Crippen LogP contribution in [0, 0.1) is 0 Å². The molecule has 0 N–H and O–H groups in total.